The maximum absolute atomic E-state index is 4.70. The van der Waals surface area contributed by atoms with Gasteiger partial charge in [-0.05, 0) is 18.4 Å². The highest BCUT2D eigenvalue weighted by Gasteiger charge is 1.95. The number of rotatable bonds is 3. The van der Waals surface area contributed by atoms with Gasteiger partial charge >= 0.3 is 0 Å². The van der Waals surface area contributed by atoms with Gasteiger partial charge in [-0.3, -0.25) is 0 Å². The van der Waals surface area contributed by atoms with Gasteiger partial charge in [0.2, 0.25) is 0 Å². The van der Waals surface area contributed by atoms with E-state index in [1.165, 1.54) is 10.4 Å². The molecule has 1 N–H and O–H groups in total. The van der Waals surface area contributed by atoms with Crippen LogP contribution in [0.15, 0.2) is 29.2 Å². The van der Waals surface area contributed by atoms with Crippen molar-refractivity contribution in [2.75, 3.05) is 11.6 Å². The molecular weight excluding hydrogens is 174 g/mol. The van der Waals surface area contributed by atoms with Crippen molar-refractivity contribution in [2.24, 2.45) is 0 Å². The Kier molecular flexibility index (Phi) is 3.39. The monoisotopic (exact) mass is 183 g/mol. The molecule has 0 heterocycles. The topological polar surface area (TPSA) is 12.0 Å². The van der Waals surface area contributed by atoms with Crippen molar-refractivity contribution in [3.8, 4) is 0 Å². The standard InChI is InChI=1S/C8H9NS2/c1-11-8-5-3-2-4-7(8)9-6-10/h2-6H,1H3,(H,9,10). The fourth-order valence-corrected chi connectivity index (χ4v) is 1.52. The van der Waals surface area contributed by atoms with Gasteiger partial charge in [0.1, 0.15) is 0 Å². The zero-order valence-corrected chi connectivity index (χ0v) is 7.84. The summed E-state index contributed by atoms with van der Waals surface area (Å²) in [5, 5.41) is 3.00. The van der Waals surface area contributed by atoms with Crippen LogP contribution >= 0.6 is 24.0 Å². The highest BCUT2D eigenvalue weighted by Crippen LogP contribution is 2.23. The number of thiocarbonyl (C=S) groups is 1. The van der Waals surface area contributed by atoms with Crippen LogP contribution in [0.5, 0.6) is 0 Å². The van der Waals surface area contributed by atoms with Gasteiger partial charge in [-0.15, -0.1) is 11.8 Å². The fourth-order valence-electron chi connectivity index (χ4n) is 0.827. The Balaban J connectivity index is 2.92. The molecule has 0 fully saturated rings. The van der Waals surface area contributed by atoms with Gasteiger partial charge in [-0.25, -0.2) is 0 Å². The second-order valence-corrected chi connectivity index (χ2v) is 3.05. The van der Waals surface area contributed by atoms with E-state index in [9.17, 15) is 0 Å². The molecule has 1 aromatic rings. The summed E-state index contributed by atoms with van der Waals surface area (Å²) in [4.78, 5) is 1.22. The number of hydrogen-bond donors (Lipinski definition) is 1. The van der Waals surface area contributed by atoms with Gasteiger partial charge in [0.15, 0.2) is 0 Å². The Morgan fingerprint density at radius 2 is 2.18 bits per heavy atom. The predicted molar refractivity (Wildman–Crippen MR) is 55.5 cm³/mol. The summed E-state index contributed by atoms with van der Waals surface area (Å²) in [5.74, 6) is 0. The second kappa shape index (κ2) is 4.36. The quantitative estimate of drug-likeness (QED) is 0.571. The third-order valence-electron chi connectivity index (χ3n) is 1.32. The molecule has 1 nitrogen and oxygen atoms in total. The van der Waals surface area contributed by atoms with E-state index >= 15 is 0 Å². The zero-order chi connectivity index (χ0) is 8.10. The molecule has 0 atom stereocenters. The summed E-state index contributed by atoms with van der Waals surface area (Å²) < 4.78 is 0. The van der Waals surface area contributed by atoms with Gasteiger partial charge in [0.05, 0.1) is 11.2 Å². The first-order valence-electron chi connectivity index (χ1n) is 3.21. The van der Waals surface area contributed by atoms with E-state index in [2.05, 4.69) is 11.4 Å². The molecule has 0 bridgehead atoms. The number of nitrogens with one attached hydrogen (secondary N) is 1. The van der Waals surface area contributed by atoms with Crippen LogP contribution in [0.2, 0.25) is 0 Å². The van der Waals surface area contributed by atoms with Gasteiger partial charge < -0.3 is 5.32 Å². The number of benzene rings is 1. The fraction of sp³-hybridized carbons (Fsp3) is 0.125. The average molecular weight is 183 g/mol. The normalized spacial score (nSPS) is 9.18. The van der Waals surface area contributed by atoms with Crippen LogP contribution < -0.4 is 5.32 Å². The maximum atomic E-state index is 4.70. The Morgan fingerprint density at radius 3 is 2.82 bits per heavy atom. The van der Waals surface area contributed by atoms with Crippen molar-refractivity contribution in [2.45, 2.75) is 4.90 Å². The lowest BCUT2D eigenvalue weighted by Crippen LogP contribution is -1.92. The van der Waals surface area contributed by atoms with Crippen LogP contribution in [0.25, 0.3) is 0 Å². The van der Waals surface area contributed by atoms with E-state index < -0.39 is 0 Å². The van der Waals surface area contributed by atoms with Gasteiger partial charge in [0.25, 0.3) is 0 Å². The Labute approximate surface area is 76.2 Å². The molecule has 0 unspecified atom stereocenters. The summed E-state index contributed by atoms with van der Waals surface area (Å²) in [6.07, 6.45) is 2.05. The second-order valence-electron chi connectivity index (χ2n) is 1.96. The van der Waals surface area contributed by atoms with Crippen LogP contribution in [0, 0.1) is 0 Å². The summed E-state index contributed by atoms with van der Waals surface area (Å²) in [6.45, 7) is 0. The third kappa shape index (κ3) is 2.20. The number of thioether (sulfide) groups is 1. The van der Waals surface area contributed by atoms with Crippen LogP contribution in [0.1, 0.15) is 0 Å². The minimum Gasteiger partial charge on any atom is -0.352 e. The molecule has 0 amide bonds. The predicted octanol–water partition coefficient (Wildman–Crippen LogP) is 2.78. The van der Waals surface area contributed by atoms with Crippen LogP contribution in [-0.2, 0) is 0 Å². The Morgan fingerprint density at radius 1 is 1.45 bits per heavy atom. The minimum absolute atomic E-state index is 1.08. The third-order valence-corrected chi connectivity index (χ3v) is 2.24. The van der Waals surface area contributed by atoms with E-state index in [0.717, 1.165) is 5.69 Å². The molecule has 0 aliphatic carbocycles. The summed E-state index contributed by atoms with van der Waals surface area (Å²) in [6, 6.07) is 8.07. The lowest BCUT2D eigenvalue weighted by molar-refractivity contribution is 1.46. The maximum Gasteiger partial charge on any atom is 0.0659 e. The molecule has 3 heteroatoms. The highest BCUT2D eigenvalue weighted by molar-refractivity contribution is 7.98. The smallest absolute Gasteiger partial charge is 0.0659 e. The molecule has 0 radical (unpaired) electrons. The number of anilines is 1. The number of hydrogen-bond acceptors (Lipinski definition) is 2. The van der Waals surface area contributed by atoms with Crippen LogP contribution in [-0.4, -0.2) is 11.7 Å². The van der Waals surface area contributed by atoms with E-state index in [1.807, 2.05) is 24.5 Å². The van der Waals surface area contributed by atoms with Crippen molar-refractivity contribution in [3.63, 3.8) is 0 Å². The molecular formula is C8H9NS2. The number of para-hydroxylation sites is 1. The van der Waals surface area contributed by atoms with Gasteiger partial charge in [-0.1, -0.05) is 24.4 Å². The van der Waals surface area contributed by atoms with Gasteiger partial charge in [0, 0.05) is 4.90 Å². The lowest BCUT2D eigenvalue weighted by Gasteiger charge is -2.04. The van der Waals surface area contributed by atoms with Crippen LogP contribution in [0.3, 0.4) is 0 Å². The van der Waals surface area contributed by atoms with E-state index in [4.69, 9.17) is 12.2 Å². The van der Waals surface area contributed by atoms with Crippen LogP contribution in [0.4, 0.5) is 5.69 Å². The summed E-state index contributed by atoms with van der Waals surface area (Å²) in [7, 11) is 0. The first-order valence-corrected chi connectivity index (χ1v) is 4.91. The summed E-state index contributed by atoms with van der Waals surface area (Å²) in [5.41, 5.74) is 2.60. The Bertz CT molecular complexity index is 248. The SMILES string of the molecule is CSc1ccccc1NC=S. The molecule has 0 aliphatic rings. The van der Waals surface area contributed by atoms with E-state index in [1.54, 1.807) is 11.8 Å². The molecule has 0 saturated carbocycles. The largest absolute Gasteiger partial charge is 0.352 e. The molecule has 0 saturated heterocycles. The van der Waals surface area contributed by atoms with E-state index in [0.29, 0.717) is 0 Å². The Hall–Kier alpha value is -0.540. The molecule has 11 heavy (non-hydrogen) atoms. The molecule has 0 aliphatic heterocycles. The summed E-state index contributed by atoms with van der Waals surface area (Å²) >= 11 is 6.40. The molecule has 58 valence electrons. The molecule has 1 rings (SSSR count). The highest BCUT2D eigenvalue weighted by atomic mass is 32.2. The lowest BCUT2D eigenvalue weighted by atomic mass is 10.3. The average Bonchev–Trinajstić information content (AvgIpc) is 2.06. The first kappa shape index (κ1) is 8.56. The van der Waals surface area contributed by atoms with Crippen molar-refractivity contribution >= 4 is 35.2 Å². The molecule has 1 aromatic carbocycles. The zero-order valence-electron chi connectivity index (χ0n) is 6.20. The van der Waals surface area contributed by atoms with Crippen molar-refractivity contribution < 1.29 is 0 Å². The molecule has 0 spiro atoms. The van der Waals surface area contributed by atoms with Crippen molar-refractivity contribution in [1.82, 2.24) is 0 Å². The minimum atomic E-state index is 1.08. The first-order chi connectivity index (χ1) is 5.38. The van der Waals surface area contributed by atoms with Crippen molar-refractivity contribution in [3.05, 3.63) is 24.3 Å². The van der Waals surface area contributed by atoms with Gasteiger partial charge in [-0.2, -0.15) is 0 Å². The molecule has 0 aromatic heterocycles. The van der Waals surface area contributed by atoms with Crippen molar-refractivity contribution in [1.29, 1.82) is 0 Å². The van der Waals surface area contributed by atoms with E-state index in [-0.39, 0.29) is 0 Å².